The van der Waals surface area contributed by atoms with Gasteiger partial charge in [-0.3, -0.25) is 9.59 Å². The second kappa shape index (κ2) is 6.14. The average Bonchev–Trinajstić information content (AvgIpc) is 2.60. The largest absolute Gasteiger partial charge is 0.504 e. The summed E-state index contributed by atoms with van der Waals surface area (Å²) in [5.74, 6) is -0.520. The fourth-order valence-electron chi connectivity index (χ4n) is 2.67. The standard InChI is InChI=1S/C15H18N4O5S/c1-18-5-7-19(8-6-18)25(23,24)10-4-2-3-9(13(10)20)17-12-11(16)14(21)15(12)22/h2-4,17,20H,5-8,16H2,1H3. The van der Waals surface area contributed by atoms with E-state index in [-0.39, 0.29) is 22.0 Å². The number of aromatic hydroxyl groups is 1. The second-order valence-electron chi connectivity index (χ2n) is 5.93. The van der Waals surface area contributed by atoms with Crippen molar-refractivity contribution in [2.45, 2.75) is 4.90 Å². The van der Waals surface area contributed by atoms with Crippen molar-refractivity contribution in [1.29, 1.82) is 0 Å². The van der Waals surface area contributed by atoms with Gasteiger partial charge in [0, 0.05) is 26.2 Å². The molecule has 1 aliphatic heterocycles. The summed E-state index contributed by atoms with van der Waals surface area (Å²) < 4.78 is 26.9. The molecule has 1 heterocycles. The third-order valence-electron chi connectivity index (χ3n) is 4.29. The van der Waals surface area contributed by atoms with E-state index in [1.165, 1.54) is 22.5 Å². The number of anilines is 3. The molecule has 1 aliphatic rings. The number of sulfonamides is 1. The van der Waals surface area contributed by atoms with E-state index in [0.717, 1.165) is 0 Å². The van der Waals surface area contributed by atoms with E-state index >= 15 is 0 Å². The van der Waals surface area contributed by atoms with Crippen LogP contribution in [-0.2, 0) is 10.0 Å². The highest BCUT2D eigenvalue weighted by atomic mass is 32.2. The van der Waals surface area contributed by atoms with Crippen LogP contribution < -0.4 is 21.9 Å². The van der Waals surface area contributed by atoms with E-state index in [9.17, 15) is 23.1 Å². The molecule has 0 bridgehead atoms. The number of phenolic OH excluding ortho intramolecular Hbond substituents is 1. The third-order valence-corrected chi connectivity index (χ3v) is 6.22. The minimum atomic E-state index is -3.88. The first kappa shape index (κ1) is 17.4. The smallest absolute Gasteiger partial charge is 0.253 e. The van der Waals surface area contributed by atoms with Gasteiger partial charge in [-0.05, 0) is 19.2 Å². The van der Waals surface area contributed by atoms with E-state index in [4.69, 9.17) is 5.73 Å². The maximum Gasteiger partial charge on any atom is 0.253 e. The Morgan fingerprint density at radius 2 is 1.76 bits per heavy atom. The maximum absolute atomic E-state index is 12.8. The molecule has 2 aromatic carbocycles. The van der Waals surface area contributed by atoms with Gasteiger partial charge >= 0.3 is 0 Å². The van der Waals surface area contributed by atoms with Crippen molar-refractivity contribution < 1.29 is 13.5 Å². The zero-order valence-corrected chi connectivity index (χ0v) is 14.3. The van der Waals surface area contributed by atoms with E-state index in [2.05, 4.69) is 5.32 Å². The molecule has 1 saturated heterocycles. The Kier molecular flexibility index (Phi) is 4.27. The molecule has 0 atom stereocenters. The summed E-state index contributed by atoms with van der Waals surface area (Å²) in [7, 11) is -1.98. The van der Waals surface area contributed by atoms with Crippen molar-refractivity contribution in [3.05, 3.63) is 38.6 Å². The third kappa shape index (κ3) is 2.88. The van der Waals surface area contributed by atoms with Crippen LogP contribution in [0.3, 0.4) is 0 Å². The fraction of sp³-hybridized carbons (Fsp3) is 0.333. The number of nitrogen functional groups attached to an aromatic ring is 1. The number of hydrogen-bond acceptors (Lipinski definition) is 8. The lowest BCUT2D eigenvalue weighted by Gasteiger charge is -2.31. The van der Waals surface area contributed by atoms with Gasteiger partial charge < -0.3 is 21.1 Å². The number of benzene rings is 1. The van der Waals surface area contributed by atoms with Crippen LogP contribution in [0.1, 0.15) is 0 Å². The van der Waals surface area contributed by atoms with Crippen molar-refractivity contribution in [2.75, 3.05) is 44.3 Å². The zero-order valence-electron chi connectivity index (χ0n) is 13.5. The molecular weight excluding hydrogens is 348 g/mol. The van der Waals surface area contributed by atoms with Gasteiger partial charge in [0.15, 0.2) is 5.75 Å². The zero-order chi connectivity index (χ0) is 18.4. The van der Waals surface area contributed by atoms with Gasteiger partial charge in [-0.2, -0.15) is 4.31 Å². The minimum absolute atomic E-state index is 0.00555. The molecule has 1 fully saturated rings. The molecule has 4 N–H and O–H groups in total. The maximum atomic E-state index is 12.8. The summed E-state index contributed by atoms with van der Waals surface area (Å²) in [5, 5.41) is 12.9. The average molecular weight is 366 g/mol. The van der Waals surface area contributed by atoms with Gasteiger partial charge in [-0.25, -0.2) is 8.42 Å². The molecule has 0 unspecified atom stereocenters. The van der Waals surface area contributed by atoms with Crippen molar-refractivity contribution in [3.63, 3.8) is 0 Å². The number of nitrogens with one attached hydrogen (secondary N) is 1. The first-order valence-electron chi connectivity index (χ1n) is 7.60. The molecule has 25 heavy (non-hydrogen) atoms. The Labute approximate surface area is 144 Å². The lowest BCUT2D eigenvalue weighted by molar-refractivity contribution is 0.222. The minimum Gasteiger partial charge on any atom is -0.504 e. The van der Waals surface area contributed by atoms with Crippen molar-refractivity contribution in [2.24, 2.45) is 0 Å². The molecule has 9 nitrogen and oxygen atoms in total. The van der Waals surface area contributed by atoms with Gasteiger partial charge in [0.25, 0.3) is 10.9 Å². The van der Waals surface area contributed by atoms with Crippen molar-refractivity contribution in [3.8, 4) is 5.75 Å². The van der Waals surface area contributed by atoms with Crippen LogP contribution in [0.2, 0.25) is 0 Å². The van der Waals surface area contributed by atoms with Crippen LogP contribution in [-0.4, -0.2) is 56.0 Å². The fourth-order valence-corrected chi connectivity index (χ4v) is 4.19. The highest BCUT2D eigenvalue weighted by Gasteiger charge is 2.31. The Balaban J connectivity index is 1.93. The normalized spacial score (nSPS) is 17.0. The van der Waals surface area contributed by atoms with E-state index < -0.39 is 26.6 Å². The van der Waals surface area contributed by atoms with Crippen LogP contribution in [0.15, 0.2) is 32.7 Å². The molecule has 2 aromatic rings. The van der Waals surface area contributed by atoms with Gasteiger partial charge in [0.2, 0.25) is 10.0 Å². The van der Waals surface area contributed by atoms with Crippen LogP contribution in [0.4, 0.5) is 17.1 Å². The molecule has 0 spiro atoms. The summed E-state index contributed by atoms with van der Waals surface area (Å²) in [6, 6.07) is 4.13. The first-order valence-corrected chi connectivity index (χ1v) is 9.04. The monoisotopic (exact) mass is 366 g/mol. The van der Waals surface area contributed by atoms with Gasteiger partial charge in [-0.1, -0.05) is 6.07 Å². The number of hydrogen-bond donors (Lipinski definition) is 3. The Hall–Kier alpha value is -2.43. The molecule has 0 radical (unpaired) electrons. The van der Waals surface area contributed by atoms with Crippen molar-refractivity contribution in [1.82, 2.24) is 9.21 Å². The summed E-state index contributed by atoms with van der Waals surface area (Å²) in [4.78, 5) is 24.4. The number of nitrogens with two attached hydrogens (primary N) is 1. The summed E-state index contributed by atoms with van der Waals surface area (Å²) in [5.41, 5.74) is 3.45. The summed E-state index contributed by atoms with van der Waals surface area (Å²) >= 11 is 0. The van der Waals surface area contributed by atoms with Crippen LogP contribution in [0, 0.1) is 0 Å². The van der Waals surface area contributed by atoms with Gasteiger partial charge in [-0.15, -0.1) is 0 Å². The molecule has 3 rings (SSSR count). The van der Waals surface area contributed by atoms with Crippen molar-refractivity contribution >= 4 is 27.1 Å². The molecular formula is C15H18N4O5S. The van der Waals surface area contributed by atoms with Gasteiger partial charge in [0.05, 0.1) is 5.69 Å². The first-order chi connectivity index (χ1) is 11.7. The SMILES string of the molecule is CN1CCN(S(=O)(=O)c2cccc(Nc3c(N)c(=O)c3=O)c2O)CC1. The van der Waals surface area contributed by atoms with E-state index in [1.807, 2.05) is 11.9 Å². The molecule has 134 valence electrons. The lowest BCUT2D eigenvalue weighted by atomic mass is 10.2. The summed E-state index contributed by atoms with van der Waals surface area (Å²) in [6.45, 7) is 1.83. The quantitative estimate of drug-likeness (QED) is 0.475. The number of nitrogens with zero attached hydrogens (tertiary/aromatic N) is 2. The Bertz CT molecular complexity index is 986. The van der Waals surface area contributed by atoms with Crippen LogP contribution >= 0.6 is 0 Å². The van der Waals surface area contributed by atoms with E-state index in [0.29, 0.717) is 26.2 Å². The predicted molar refractivity (Wildman–Crippen MR) is 93.4 cm³/mol. The highest BCUT2D eigenvalue weighted by Crippen LogP contribution is 2.35. The summed E-state index contributed by atoms with van der Waals surface area (Å²) in [6.07, 6.45) is 0. The predicted octanol–water partition coefficient (Wildman–Crippen LogP) is -0.750. The topological polar surface area (TPSA) is 133 Å². The molecule has 0 aliphatic carbocycles. The lowest BCUT2D eigenvalue weighted by Crippen LogP contribution is -2.47. The number of piperazine rings is 1. The number of phenols is 1. The van der Waals surface area contributed by atoms with Crippen LogP contribution in [0.5, 0.6) is 5.75 Å². The number of likely N-dealkylation sites (N-methyl/N-ethyl adjacent to an activating group) is 1. The second-order valence-corrected chi connectivity index (χ2v) is 7.84. The molecule has 0 saturated carbocycles. The molecule has 0 aromatic heterocycles. The van der Waals surface area contributed by atoms with Gasteiger partial charge in [0.1, 0.15) is 16.3 Å². The Morgan fingerprint density at radius 1 is 1.12 bits per heavy atom. The molecule has 10 heteroatoms. The Morgan fingerprint density at radius 3 is 2.36 bits per heavy atom. The number of rotatable bonds is 4. The number of para-hydroxylation sites is 1. The molecule has 0 amide bonds. The van der Waals surface area contributed by atoms with Crippen LogP contribution in [0.25, 0.3) is 0 Å². The van der Waals surface area contributed by atoms with E-state index in [1.54, 1.807) is 0 Å². The highest BCUT2D eigenvalue weighted by molar-refractivity contribution is 7.89.